The first-order valence-electron chi connectivity index (χ1n) is 8.68. The van der Waals surface area contributed by atoms with Gasteiger partial charge in [0.1, 0.15) is 5.69 Å². The first-order valence-corrected chi connectivity index (χ1v) is 8.68. The SMILES string of the molecule is O=CN(O)C[C@H](C(=O)NNc1nccc(C(F)(F)F)n1)C1CCCCCC1. The van der Waals surface area contributed by atoms with E-state index in [-0.39, 0.29) is 18.9 Å². The van der Waals surface area contributed by atoms with Crippen molar-refractivity contribution in [2.24, 2.45) is 11.8 Å². The van der Waals surface area contributed by atoms with Crippen LogP contribution in [0, 0.1) is 11.8 Å². The highest BCUT2D eigenvalue weighted by atomic mass is 19.4. The van der Waals surface area contributed by atoms with E-state index in [0.29, 0.717) is 5.06 Å². The van der Waals surface area contributed by atoms with E-state index >= 15 is 0 Å². The Morgan fingerprint density at radius 3 is 2.59 bits per heavy atom. The molecule has 0 aromatic carbocycles. The van der Waals surface area contributed by atoms with Gasteiger partial charge in [-0.05, 0) is 24.8 Å². The summed E-state index contributed by atoms with van der Waals surface area (Å²) >= 11 is 0. The van der Waals surface area contributed by atoms with Gasteiger partial charge in [-0.15, -0.1) is 0 Å². The maximum atomic E-state index is 12.7. The van der Waals surface area contributed by atoms with Crippen LogP contribution in [0.25, 0.3) is 0 Å². The third kappa shape index (κ3) is 6.35. The quantitative estimate of drug-likeness (QED) is 0.286. The summed E-state index contributed by atoms with van der Waals surface area (Å²) in [6, 6.07) is 0.717. The van der Waals surface area contributed by atoms with Crippen molar-refractivity contribution in [1.82, 2.24) is 20.5 Å². The highest BCUT2D eigenvalue weighted by Gasteiger charge is 2.33. The molecule has 3 N–H and O–H groups in total. The zero-order chi connectivity index (χ0) is 19.9. The van der Waals surface area contributed by atoms with Crippen molar-refractivity contribution in [2.45, 2.75) is 44.7 Å². The van der Waals surface area contributed by atoms with E-state index < -0.39 is 29.6 Å². The number of anilines is 1. The first-order chi connectivity index (χ1) is 12.8. The van der Waals surface area contributed by atoms with Crippen LogP contribution in [0.2, 0.25) is 0 Å². The number of nitrogens with zero attached hydrogens (tertiary/aromatic N) is 3. The van der Waals surface area contributed by atoms with Crippen molar-refractivity contribution in [2.75, 3.05) is 12.0 Å². The van der Waals surface area contributed by atoms with Crippen LogP contribution in [0.4, 0.5) is 19.1 Å². The van der Waals surface area contributed by atoms with Gasteiger partial charge in [-0.2, -0.15) is 13.2 Å². The summed E-state index contributed by atoms with van der Waals surface area (Å²) in [5.74, 6) is -1.72. The van der Waals surface area contributed by atoms with Gasteiger partial charge >= 0.3 is 6.18 Å². The van der Waals surface area contributed by atoms with Crippen molar-refractivity contribution in [3.63, 3.8) is 0 Å². The first kappa shape index (κ1) is 20.9. The standard InChI is InChI=1S/C16H22F3N5O3/c17-16(18,19)13-7-8-20-15(21-13)23-22-14(26)12(9-24(27)10-25)11-5-3-1-2-4-6-11/h7-8,10-12,27H,1-6,9H2,(H,22,26)(H,20,21,23)/t12-/m0/s1. The number of carbonyl (C=O) groups is 2. The second-order valence-corrected chi connectivity index (χ2v) is 6.46. The van der Waals surface area contributed by atoms with Crippen molar-refractivity contribution in [3.8, 4) is 0 Å². The largest absolute Gasteiger partial charge is 0.433 e. The van der Waals surface area contributed by atoms with Gasteiger partial charge in [-0.25, -0.2) is 15.0 Å². The number of hydrogen-bond acceptors (Lipinski definition) is 6. The number of alkyl halides is 3. The smallest absolute Gasteiger partial charge is 0.286 e. The lowest BCUT2D eigenvalue weighted by molar-refractivity contribution is -0.156. The second-order valence-electron chi connectivity index (χ2n) is 6.46. The number of hydrogen-bond donors (Lipinski definition) is 3. The molecule has 0 radical (unpaired) electrons. The van der Waals surface area contributed by atoms with Crippen LogP contribution in [-0.2, 0) is 15.8 Å². The average Bonchev–Trinajstić information content (AvgIpc) is 2.92. The molecule has 150 valence electrons. The molecule has 27 heavy (non-hydrogen) atoms. The lowest BCUT2D eigenvalue weighted by Crippen LogP contribution is -2.43. The van der Waals surface area contributed by atoms with Crippen LogP contribution < -0.4 is 10.9 Å². The molecule has 1 aromatic heterocycles. The fourth-order valence-corrected chi connectivity index (χ4v) is 3.19. The predicted octanol–water partition coefficient (Wildman–Crippen LogP) is 2.37. The van der Waals surface area contributed by atoms with Crippen LogP contribution in [0.1, 0.15) is 44.2 Å². The molecular weight excluding hydrogens is 367 g/mol. The van der Waals surface area contributed by atoms with E-state index in [0.717, 1.165) is 50.8 Å². The number of halogens is 3. The molecule has 2 amide bonds. The minimum absolute atomic E-state index is 0.0497. The summed E-state index contributed by atoms with van der Waals surface area (Å²) in [5.41, 5.74) is 3.42. The number of aromatic nitrogens is 2. The molecule has 1 aliphatic rings. The molecule has 1 aromatic rings. The van der Waals surface area contributed by atoms with Crippen molar-refractivity contribution < 1.29 is 28.0 Å². The lowest BCUT2D eigenvalue weighted by Gasteiger charge is -2.27. The molecule has 8 nitrogen and oxygen atoms in total. The summed E-state index contributed by atoms with van der Waals surface area (Å²) in [5, 5.41) is 9.90. The van der Waals surface area contributed by atoms with Crippen LogP contribution in [0.15, 0.2) is 12.3 Å². The molecule has 1 aliphatic carbocycles. The van der Waals surface area contributed by atoms with Crippen LogP contribution in [-0.4, -0.2) is 39.1 Å². The molecule has 0 spiro atoms. The molecule has 11 heteroatoms. The Bertz CT molecular complexity index is 636. The third-order valence-electron chi connectivity index (χ3n) is 4.55. The number of rotatable bonds is 7. The molecule has 1 fully saturated rings. The van der Waals surface area contributed by atoms with Gasteiger partial charge < -0.3 is 0 Å². The Morgan fingerprint density at radius 1 is 1.33 bits per heavy atom. The maximum absolute atomic E-state index is 12.7. The monoisotopic (exact) mass is 389 g/mol. The van der Waals surface area contributed by atoms with Crippen molar-refractivity contribution in [3.05, 3.63) is 18.0 Å². The summed E-state index contributed by atoms with van der Waals surface area (Å²) in [6.45, 7) is -0.203. The second kappa shape index (κ2) is 9.49. The number of hydrazine groups is 1. The maximum Gasteiger partial charge on any atom is 0.433 e. The third-order valence-corrected chi connectivity index (χ3v) is 4.55. The highest BCUT2D eigenvalue weighted by Crippen LogP contribution is 2.30. The van der Waals surface area contributed by atoms with Gasteiger partial charge in [0.15, 0.2) is 0 Å². The average molecular weight is 389 g/mol. The minimum Gasteiger partial charge on any atom is -0.286 e. The number of hydroxylamine groups is 2. The van der Waals surface area contributed by atoms with E-state index in [1.807, 2.05) is 0 Å². The molecule has 1 heterocycles. The van der Waals surface area contributed by atoms with Gasteiger partial charge in [0, 0.05) is 6.20 Å². The molecule has 1 saturated carbocycles. The predicted molar refractivity (Wildman–Crippen MR) is 88.0 cm³/mol. The van der Waals surface area contributed by atoms with Gasteiger partial charge in [-0.3, -0.25) is 25.6 Å². The number of nitrogens with one attached hydrogen (secondary N) is 2. The summed E-state index contributed by atoms with van der Waals surface area (Å²) < 4.78 is 38.1. The van der Waals surface area contributed by atoms with Crippen molar-refractivity contribution in [1.29, 1.82) is 0 Å². The molecular formula is C16H22F3N5O3. The topological polar surface area (TPSA) is 107 Å². The molecule has 0 bridgehead atoms. The van der Waals surface area contributed by atoms with Gasteiger partial charge in [0.25, 0.3) is 0 Å². The lowest BCUT2D eigenvalue weighted by atomic mass is 9.85. The van der Waals surface area contributed by atoms with E-state index in [4.69, 9.17) is 0 Å². The van der Waals surface area contributed by atoms with Crippen LogP contribution >= 0.6 is 0 Å². The van der Waals surface area contributed by atoms with Gasteiger partial charge in [-0.1, -0.05) is 25.7 Å². The van der Waals surface area contributed by atoms with E-state index in [1.54, 1.807) is 0 Å². The Balaban J connectivity index is 2.05. The molecule has 2 rings (SSSR count). The van der Waals surface area contributed by atoms with Gasteiger partial charge in [0.05, 0.1) is 12.5 Å². The highest BCUT2D eigenvalue weighted by molar-refractivity contribution is 5.80. The zero-order valence-electron chi connectivity index (χ0n) is 14.6. The molecule has 0 aliphatic heterocycles. The molecule has 0 unspecified atom stereocenters. The normalized spacial score (nSPS) is 16.9. The minimum atomic E-state index is -4.63. The van der Waals surface area contributed by atoms with E-state index in [9.17, 15) is 28.0 Å². The number of amides is 2. The Labute approximate surface area is 154 Å². The van der Waals surface area contributed by atoms with Crippen LogP contribution in [0.5, 0.6) is 0 Å². The fraction of sp³-hybridized carbons (Fsp3) is 0.625. The van der Waals surface area contributed by atoms with Crippen molar-refractivity contribution >= 4 is 18.3 Å². The Morgan fingerprint density at radius 2 is 2.00 bits per heavy atom. The number of carbonyl (C=O) groups excluding carboxylic acids is 2. The summed E-state index contributed by atoms with van der Waals surface area (Å²) in [6.07, 6.45) is 2.02. The van der Waals surface area contributed by atoms with E-state index in [1.165, 1.54) is 0 Å². The van der Waals surface area contributed by atoms with E-state index in [2.05, 4.69) is 20.8 Å². The Hall–Kier alpha value is -2.43. The fourth-order valence-electron chi connectivity index (χ4n) is 3.19. The summed E-state index contributed by atoms with van der Waals surface area (Å²) in [4.78, 5) is 30.2. The van der Waals surface area contributed by atoms with Crippen LogP contribution in [0.3, 0.4) is 0 Å². The van der Waals surface area contributed by atoms with Gasteiger partial charge in [0.2, 0.25) is 18.3 Å². The molecule has 1 atom stereocenters. The molecule has 0 saturated heterocycles. The Kier molecular flexibility index (Phi) is 7.34. The summed E-state index contributed by atoms with van der Waals surface area (Å²) in [7, 11) is 0. The zero-order valence-corrected chi connectivity index (χ0v) is 14.6.